The SMILES string of the molecule is C=CC1CCN(c2ccc(CCCC)c(CC)c2)CC1. The van der Waals surface area contributed by atoms with Crippen LogP contribution in [0.1, 0.15) is 50.7 Å². The molecule has 0 aromatic heterocycles. The van der Waals surface area contributed by atoms with Gasteiger partial charge in [0.1, 0.15) is 0 Å². The van der Waals surface area contributed by atoms with Gasteiger partial charge in [0.05, 0.1) is 0 Å². The van der Waals surface area contributed by atoms with Gasteiger partial charge in [-0.15, -0.1) is 6.58 Å². The molecule has 0 radical (unpaired) electrons. The Morgan fingerprint density at radius 2 is 1.95 bits per heavy atom. The van der Waals surface area contributed by atoms with Gasteiger partial charge in [0.25, 0.3) is 0 Å². The maximum atomic E-state index is 3.93. The maximum absolute atomic E-state index is 3.93. The summed E-state index contributed by atoms with van der Waals surface area (Å²) in [7, 11) is 0. The summed E-state index contributed by atoms with van der Waals surface area (Å²) in [6, 6.07) is 7.13. The molecule has 1 fully saturated rings. The number of unbranched alkanes of at least 4 members (excludes halogenated alkanes) is 1. The number of hydrogen-bond donors (Lipinski definition) is 0. The first-order valence-corrected chi connectivity index (χ1v) is 8.27. The summed E-state index contributed by atoms with van der Waals surface area (Å²) in [6.45, 7) is 10.8. The van der Waals surface area contributed by atoms with Crippen molar-refractivity contribution in [3.05, 3.63) is 42.0 Å². The molecule has 0 unspecified atom stereocenters. The summed E-state index contributed by atoms with van der Waals surface area (Å²) in [6.07, 6.45) is 9.60. The molecule has 20 heavy (non-hydrogen) atoms. The number of hydrogen-bond acceptors (Lipinski definition) is 1. The predicted molar refractivity (Wildman–Crippen MR) is 89.6 cm³/mol. The molecule has 1 aliphatic heterocycles. The summed E-state index contributed by atoms with van der Waals surface area (Å²) in [5.74, 6) is 0.723. The highest BCUT2D eigenvalue weighted by molar-refractivity contribution is 5.51. The smallest absolute Gasteiger partial charge is 0.0369 e. The van der Waals surface area contributed by atoms with Crippen LogP contribution in [-0.2, 0) is 12.8 Å². The lowest BCUT2D eigenvalue weighted by Crippen LogP contribution is -2.33. The first kappa shape index (κ1) is 15.2. The standard InChI is InChI=1S/C19H29N/c1-4-7-8-18-9-10-19(15-17(18)6-3)20-13-11-16(5-2)12-14-20/h5,9-10,15-16H,2,4,6-8,11-14H2,1,3H3. The molecule has 0 aliphatic carbocycles. The molecule has 1 aromatic rings. The highest BCUT2D eigenvalue weighted by atomic mass is 15.1. The van der Waals surface area contributed by atoms with Gasteiger partial charge in [-0.25, -0.2) is 0 Å². The normalized spacial score (nSPS) is 16.4. The van der Waals surface area contributed by atoms with E-state index < -0.39 is 0 Å². The third-order valence-electron chi connectivity index (χ3n) is 4.61. The molecule has 110 valence electrons. The zero-order valence-corrected chi connectivity index (χ0v) is 13.2. The second-order valence-electron chi connectivity index (χ2n) is 5.97. The highest BCUT2D eigenvalue weighted by Crippen LogP contribution is 2.26. The van der Waals surface area contributed by atoms with Gasteiger partial charge in [-0.05, 0) is 61.3 Å². The average Bonchev–Trinajstić information content (AvgIpc) is 2.52. The van der Waals surface area contributed by atoms with E-state index in [1.165, 1.54) is 50.9 Å². The lowest BCUT2D eigenvalue weighted by molar-refractivity contribution is 0.479. The van der Waals surface area contributed by atoms with Crippen LogP contribution in [0.4, 0.5) is 5.69 Å². The number of aryl methyl sites for hydroxylation is 2. The van der Waals surface area contributed by atoms with Gasteiger partial charge in [0.15, 0.2) is 0 Å². The monoisotopic (exact) mass is 271 g/mol. The van der Waals surface area contributed by atoms with Gasteiger partial charge in [-0.1, -0.05) is 32.4 Å². The molecule has 0 spiro atoms. The van der Waals surface area contributed by atoms with Crippen LogP contribution in [0.25, 0.3) is 0 Å². The minimum atomic E-state index is 0.723. The largest absolute Gasteiger partial charge is 0.371 e. The summed E-state index contributed by atoms with van der Waals surface area (Å²) in [5, 5.41) is 0. The molecule has 1 saturated heterocycles. The van der Waals surface area contributed by atoms with Gasteiger partial charge >= 0.3 is 0 Å². The zero-order valence-electron chi connectivity index (χ0n) is 13.2. The molecule has 1 heteroatoms. The fraction of sp³-hybridized carbons (Fsp3) is 0.579. The van der Waals surface area contributed by atoms with E-state index in [0.717, 1.165) is 12.3 Å². The van der Waals surface area contributed by atoms with Crippen LogP contribution in [0.2, 0.25) is 0 Å². The highest BCUT2D eigenvalue weighted by Gasteiger charge is 2.17. The Morgan fingerprint density at radius 3 is 2.55 bits per heavy atom. The number of rotatable bonds is 6. The van der Waals surface area contributed by atoms with E-state index >= 15 is 0 Å². The Bertz CT molecular complexity index is 427. The Kier molecular flexibility index (Phi) is 5.70. The third kappa shape index (κ3) is 3.65. The van der Waals surface area contributed by atoms with E-state index in [9.17, 15) is 0 Å². The van der Waals surface area contributed by atoms with E-state index in [2.05, 4.69) is 49.6 Å². The lowest BCUT2D eigenvalue weighted by atomic mass is 9.95. The first-order chi connectivity index (χ1) is 9.78. The fourth-order valence-corrected chi connectivity index (χ4v) is 3.14. The first-order valence-electron chi connectivity index (χ1n) is 8.27. The zero-order chi connectivity index (χ0) is 14.4. The third-order valence-corrected chi connectivity index (χ3v) is 4.61. The maximum Gasteiger partial charge on any atom is 0.0369 e. The van der Waals surface area contributed by atoms with Crippen LogP contribution in [0, 0.1) is 5.92 Å². The summed E-state index contributed by atoms with van der Waals surface area (Å²) < 4.78 is 0. The van der Waals surface area contributed by atoms with Crippen LogP contribution in [0.3, 0.4) is 0 Å². The quantitative estimate of drug-likeness (QED) is 0.659. The number of allylic oxidation sites excluding steroid dienone is 1. The van der Waals surface area contributed by atoms with Crippen LogP contribution >= 0.6 is 0 Å². The molecule has 0 amide bonds. The number of piperidine rings is 1. The van der Waals surface area contributed by atoms with E-state index in [0.29, 0.717) is 0 Å². The minimum Gasteiger partial charge on any atom is -0.371 e. The Morgan fingerprint density at radius 1 is 1.20 bits per heavy atom. The van der Waals surface area contributed by atoms with Crippen molar-refractivity contribution in [2.24, 2.45) is 5.92 Å². The number of nitrogens with zero attached hydrogens (tertiary/aromatic N) is 1. The fourth-order valence-electron chi connectivity index (χ4n) is 3.14. The molecule has 0 atom stereocenters. The van der Waals surface area contributed by atoms with Crippen molar-refractivity contribution < 1.29 is 0 Å². The van der Waals surface area contributed by atoms with Gasteiger partial charge in [0, 0.05) is 18.8 Å². The lowest BCUT2D eigenvalue weighted by Gasteiger charge is -2.33. The molecule has 1 heterocycles. The van der Waals surface area contributed by atoms with Gasteiger partial charge in [0.2, 0.25) is 0 Å². The number of anilines is 1. The van der Waals surface area contributed by atoms with Crippen molar-refractivity contribution in [3.8, 4) is 0 Å². The number of benzene rings is 1. The van der Waals surface area contributed by atoms with Crippen LogP contribution in [0.15, 0.2) is 30.9 Å². The van der Waals surface area contributed by atoms with Gasteiger partial charge in [-0.2, -0.15) is 0 Å². The summed E-state index contributed by atoms with van der Waals surface area (Å²) in [4.78, 5) is 2.54. The summed E-state index contributed by atoms with van der Waals surface area (Å²) >= 11 is 0. The second kappa shape index (κ2) is 7.52. The molecule has 1 aromatic carbocycles. The van der Waals surface area contributed by atoms with Crippen molar-refractivity contribution in [2.45, 2.75) is 52.4 Å². The predicted octanol–water partition coefficient (Wildman–Crippen LogP) is 4.99. The van der Waals surface area contributed by atoms with Gasteiger partial charge < -0.3 is 4.90 Å². The van der Waals surface area contributed by atoms with Crippen molar-refractivity contribution in [3.63, 3.8) is 0 Å². The van der Waals surface area contributed by atoms with Crippen LogP contribution in [0.5, 0.6) is 0 Å². The Balaban J connectivity index is 2.07. The molecule has 0 N–H and O–H groups in total. The molecule has 0 bridgehead atoms. The van der Waals surface area contributed by atoms with Gasteiger partial charge in [-0.3, -0.25) is 0 Å². The topological polar surface area (TPSA) is 3.24 Å². The van der Waals surface area contributed by atoms with Crippen molar-refractivity contribution in [1.29, 1.82) is 0 Å². The van der Waals surface area contributed by atoms with E-state index in [-0.39, 0.29) is 0 Å². The van der Waals surface area contributed by atoms with Crippen molar-refractivity contribution in [2.75, 3.05) is 18.0 Å². The van der Waals surface area contributed by atoms with Crippen LogP contribution < -0.4 is 4.90 Å². The van der Waals surface area contributed by atoms with Crippen LogP contribution in [-0.4, -0.2) is 13.1 Å². The Labute approximate surface area is 124 Å². The minimum absolute atomic E-state index is 0.723. The summed E-state index contributed by atoms with van der Waals surface area (Å²) in [5.41, 5.74) is 4.52. The van der Waals surface area contributed by atoms with E-state index in [1.807, 2.05) is 0 Å². The molecule has 1 nitrogen and oxygen atoms in total. The molecular formula is C19H29N. The Hall–Kier alpha value is -1.24. The van der Waals surface area contributed by atoms with Crippen molar-refractivity contribution >= 4 is 5.69 Å². The second-order valence-corrected chi connectivity index (χ2v) is 5.97. The molecular weight excluding hydrogens is 242 g/mol. The van der Waals surface area contributed by atoms with E-state index in [4.69, 9.17) is 0 Å². The van der Waals surface area contributed by atoms with E-state index in [1.54, 1.807) is 11.1 Å². The molecule has 0 saturated carbocycles. The molecule has 1 aliphatic rings. The average molecular weight is 271 g/mol. The van der Waals surface area contributed by atoms with Crippen molar-refractivity contribution in [1.82, 2.24) is 0 Å². The molecule has 2 rings (SSSR count).